The number of carbonyl (C=O) groups excluding carboxylic acids is 1. The van der Waals surface area contributed by atoms with Gasteiger partial charge in [-0.05, 0) is 34.5 Å². The van der Waals surface area contributed by atoms with Crippen LogP contribution in [0.4, 0.5) is 0 Å². The molecule has 7 heteroatoms. The lowest BCUT2D eigenvalue weighted by molar-refractivity contribution is -0.136. The van der Waals surface area contributed by atoms with Gasteiger partial charge in [0.05, 0.1) is 13.0 Å². The summed E-state index contributed by atoms with van der Waals surface area (Å²) in [6.07, 6.45) is -0.173. The number of thiophene rings is 1. The average Bonchev–Trinajstić information content (AvgIpc) is 3.16. The minimum absolute atomic E-state index is 0.0368. The predicted molar refractivity (Wildman–Crippen MR) is 97.1 cm³/mol. The van der Waals surface area contributed by atoms with E-state index in [9.17, 15) is 9.90 Å². The Hall–Kier alpha value is -2.25. The molecule has 0 aliphatic carbocycles. The van der Waals surface area contributed by atoms with E-state index in [2.05, 4.69) is 0 Å². The number of ether oxygens (including phenoxy) is 3. The number of carbonyl (C=O) groups is 1. The van der Waals surface area contributed by atoms with Crippen LogP contribution in [0.5, 0.6) is 17.2 Å². The maximum absolute atomic E-state index is 12.4. The number of piperidine rings is 1. The van der Waals surface area contributed by atoms with E-state index >= 15 is 0 Å². The second kappa shape index (κ2) is 7.55. The molecular formula is C19H21NO5S. The lowest BCUT2D eigenvalue weighted by Gasteiger charge is -2.36. The van der Waals surface area contributed by atoms with E-state index in [1.54, 1.807) is 16.2 Å². The number of benzene rings is 1. The van der Waals surface area contributed by atoms with Gasteiger partial charge in [0.1, 0.15) is 25.4 Å². The highest BCUT2D eigenvalue weighted by molar-refractivity contribution is 7.08. The fraction of sp³-hybridized carbons (Fsp3) is 0.421. The quantitative estimate of drug-likeness (QED) is 0.886. The van der Waals surface area contributed by atoms with Gasteiger partial charge in [0.2, 0.25) is 11.7 Å². The number of para-hydroxylation sites is 1. The molecule has 1 aromatic heterocycles. The Morgan fingerprint density at radius 3 is 3.00 bits per heavy atom. The van der Waals surface area contributed by atoms with Crippen LogP contribution in [-0.4, -0.2) is 54.4 Å². The predicted octanol–water partition coefficient (Wildman–Crippen LogP) is 2.10. The zero-order valence-electron chi connectivity index (χ0n) is 14.3. The zero-order valence-corrected chi connectivity index (χ0v) is 15.1. The molecule has 2 aliphatic rings. The lowest BCUT2D eigenvalue weighted by atomic mass is 10.0. The number of hydrogen-bond acceptors (Lipinski definition) is 6. The maximum atomic E-state index is 12.4. The summed E-state index contributed by atoms with van der Waals surface area (Å²) >= 11 is 1.58. The Morgan fingerprint density at radius 2 is 2.19 bits per heavy atom. The molecule has 0 saturated carbocycles. The normalized spacial score (nSPS) is 22.1. The Morgan fingerprint density at radius 1 is 1.31 bits per heavy atom. The topological polar surface area (TPSA) is 68.2 Å². The van der Waals surface area contributed by atoms with Gasteiger partial charge in [-0.25, -0.2) is 0 Å². The molecule has 0 spiro atoms. The van der Waals surface area contributed by atoms with Gasteiger partial charge in [-0.3, -0.25) is 4.79 Å². The van der Waals surface area contributed by atoms with Crippen LogP contribution in [0.15, 0.2) is 35.0 Å². The van der Waals surface area contributed by atoms with Crippen molar-refractivity contribution in [2.45, 2.75) is 25.0 Å². The molecule has 0 unspecified atom stereocenters. The highest BCUT2D eigenvalue weighted by Gasteiger charge is 2.32. The Bertz CT molecular complexity index is 763. The molecule has 6 nitrogen and oxygen atoms in total. The van der Waals surface area contributed by atoms with Gasteiger partial charge in [0, 0.05) is 13.0 Å². The first-order chi connectivity index (χ1) is 12.7. The van der Waals surface area contributed by atoms with Gasteiger partial charge < -0.3 is 24.2 Å². The third kappa shape index (κ3) is 3.64. The van der Waals surface area contributed by atoms with Crippen molar-refractivity contribution in [3.63, 3.8) is 0 Å². The second-order valence-corrected chi connectivity index (χ2v) is 7.22. The highest BCUT2D eigenvalue weighted by Crippen LogP contribution is 2.40. The Balaban J connectivity index is 1.38. The fourth-order valence-electron chi connectivity index (χ4n) is 3.26. The molecule has 1 amide bonds. The molecule has 4 rings (SSSR count). The first-order valence-corrected chi connectivity index (χ1v) is 9.67. The molecular weight excluding hydrogens is 354 g/mol. The van der Waals surface area contributed by atoms with Gasteiger partial charge in [-0.15, -0.1) is 0 Å². The van der Waals surface area contributed by atoms with E-state index in [-0.39, 0.29) is 18.6 Å². The molecule has 26 heavy (non-hydrogen) atoms. The molecule has 2 atom stereocenters. The summed E-state index contributed by atoms with van der Waals surface area (Å²) in [4.78, 5) is 14.1. The van der Waals surface area contributed by atoms with Crippen LogP contribution in [0.2, 0.25) is 0 Å². The molecule has 1 aromatic carbocycles. The van der Waals surface area contributed by atoms with Crippen molar-refractivity contribution in [3.8, 4) is 17.2 Å². The Labute approximate surface area is 155 Å². The van der Waals surface area contributed by atoms with E-state index in [1.165, 1.54) is 0 Å². The summed E-state index contributed by atoms with van der Waals surface area (Å²) in [5.41, 5.74) is 1.01. The van der Waals surface area contributed by atoms with Crippen LogP contribution in [-0.2, 0) is 11.2 Å². The monoisotopic (exact) mass is 375 g/mol. The van der Waals surface area contributed by atoms with Crippen molar-refractivity contribution in [2.24, 2.45) is 0 Å². The third-order valence-electron chi connectivity index (χ3n) is 4.62. The van der Waals surface area contributed by atoms with E-state index in [0.717, 1.165) is 5.56 Å². The van der Waals surface area contributed by atoms with Crippen molar-refractivity contribution in [3.05, 3.63) is 40.6 Å². The van der Waals surface area contributed by atoms with Gasteiger partial charge in [0.25, 0.3) is 0 Å². The number of aliphatic hydroxyl groups excluding tert-OH is 1. The van der Waals surface area contributed by atoms with Crippen LogP contribution in [0.1, 0.15) is 12.0 Å². The molecule has 2 aromatic rings. The van der Waals surface area contributed by atoms with Gasteiger partial charge in [-0.2, -0.15) is 11.3 Å². The van der Waals surface area contributed by atoms with Gasteiger partial charge in [0.15, 0.2) is 11.5 Å². The number of likely N-dealkylation sites (tertiary alicyclic amines) is 1. The molecule has 0 bridgehead atoms. The average molecular weight is 375 g/mol. The van der Waals surface area contributed by atoms with Crippen molar-refractivity contribution < 1.29 is 24.1 Å². The van der Waals surface area contributed by atoms with Crippen LogP contribution >= 0.6 is 11.3 Å². The Kier molecular flexibility index (Phi) is 4.99. The summed E-state index contributed by atoms with van der Waals surface area (Å²) in [5, 5.41) is 14.4. The fourth-order valence-corrected chi connectivity index (χ4v) is 3.93. The first kappa shape index (κ1) is 17.2. The number of rotatable bonds is 4. The molecule has 138 valence electrons. The summed E-state index contributed by atoms with van der Waals surface area (Å²) in [5.74, 6) is 1.85. The molecule has 1 N–H and O–H groups in total. The minimum atomic E-state index is -0.740. The summed E-state index contributed by atoms with van der Waals surface area (Å²) in [7, 11) is 0. The van der Waals surface area contributed by atoms with Crippen molar-refractivity contribution >= 4 is 17.2 Å². The molecule has 3 heterocycles. The van der Waals surface area contributed by atoms with E-state index < -0.39 is 6.10 Å². The number of β-amino-alcohol motifs (C(OH)–C–C–N with tert-alkyl or cyclic N) is 1. The number of amides is 1. The molecule has 0 radical (unpaired) electrons. The summed E-state index contributed by atoms with van der Waals surface area (Å²) in [6.45, 7) is 1.84. The van der Waals surface area contributed by atoms with Crippen molar-refractivity contribution in [1.82, 2.24) is 4.90 Å². The second-order valence-electron chi connectivity index (χ2n) is 6.44. The largest absolute Gasteiger partial charge is 0.486 e. The number of aliphatic hydroxyl groups is 1. The number of hydrogen-bond donors (Lipinski definition) is 1. The highest BCUT2D eigenvalue weighted by atomic mass is 32.1. The maximum Gasteiger partial charge on any atom is 0.227 e. The molecule has 1 saturated heterocycles. The minimum Gasteiger partial charge on any atom is -0.486 e. The van der Waals surface area contributed by atoms with Crippen LogP contribution < -0.4 is 14.2 Å². The van der Waals surface area contributed by atoms with Crippen molar-refractivity contribution in [2.75, 3.05) is 26.3 Å². The number of fused-ring (bicyclic) bond motifs is 1. The van der Waals surface area contributed by atoms with E-state index in [0.29, 0.717) is 49.8 Å². The van der Waals surface area contributed by atoms with Gasteiger partial charge in [-0.1, -0.05) is 6.07 Å². The SMILES string of the molecule is O=C(Cc1ccsc1)N1CC[C@@H](Oc2cccc3c2OCCO3)[C@H](O)C1. The smallest absolute Gasteiger partial charge is 0.227 e. The van der Waals surface area contributed by atoms with Crippen LogP contribution in [0.3, 0.4) is 0 Å². The van der Waals surface area contributed by atoms with E-state index in [1.807, 2.05) is 35.0 Å². The standard InChI is InChI=1S/C19H21NO5S/c21-14-11-20(18(22)10-13-5-9-26-12-13)6-4-15(14)25-17-3-1-2-16-19(17)24-8-7-23-16/h1-3,5,9,12,14-15,21H,4,6-8,10-11H2/t14-,15-/m1/s1. The number of nitrogens with zero attached hydrogens (tertiary/aromatic N) is 1. The molecule has 2 aliphatic heterocycles. The van der Waals surface area contributed by atoms with Crippen LogP contribution in [0, 0.1) is 0 Å². The molecule has 1 fully saturated rings. The summed E-state index contributed by atoms with van der Waals surface area (Å²) < 4.78 is 17.2. The van der Waals surface area contributed by atoms with Crippen molar-refractivity contribution in [1.29, 1.82) is 0 Å². The zero-order chi connectivity index (χ0) is 17.9. The summed E-state index contributed by atoms with van der Waals surface area (Å²) in [6, 6.07) is 7.45. The lowest BCUT2D eigenvalue weighted by Crippen LogP contribution is -2.51. The third-order valence-corrected chi connectivity index (χ3v) is 5.35. The van der Waals surface area contributed by atoms with Gasteiger partial charge >= 0.3 is 0 Å². The first-order valence-electron chi connectivity index (χ1n) is 8.73. The van der Waals surface area contributed by atoms with E-state index in [4.69, 9.17) is 14.2 Å². The van der Waals surface area contributed by atoms with Crippen LogP contribution in [0.25, 0.3) is 0 Å².